The lowest BCUT2D eigenvalue weighted by Gasteiger charge is -2.34. The molecule has 206 valence electrons. The Balaban J connectivity index is 1.26. The number of alkyl halides is 3. The van der Waals surface area contributed by atoms with Gasteiger partial charge in [-0.2, -0.15) is 18.2 Å². The van der Waals surface area contributed by atoms with Gasteiger partial charge in [-0.25, -0.2) is 4.98 Å². The van der Waals surface area contributed by atoms with E-state index >= 15 is 0 Å². The minimum absolute atomic E-state index is 0.0332. The number of carbonyl (C=O) groups excluding carboxylic acids is 1. The Morgan fingerprint density at radius 1 is 1.08 bits per heavy atom. The van der Waals surface area contributed by atoms with Crippen LogP contribution in [0.4, 0.5) is 36.3 Å². The number of halogens is 3. The maximum atomic E-state index is 13.6. The molecule has 3 N–H and O–H groups in total. The molecule has 3 fully saturated rings. The average molecular weight is 532 g/mol. The average Bonchev–Trinajstić information content (AvgIpc) is 3.68. The molecule has 8 nitrogen and oxygen atoms in total. The Morgan fingerprint density at radius 3 is 2.50 bits per heavy atom. The molecule has 0 atom stereocenters. The lowest BCUT2D eigenvalue weighted by Crippen LogP contribution is -2.44. The van der Waals surface area contributed by atoms with Gasteiger partial charge in [0.15, 0.2) is 0 Å². The van der Waals surface area contributed by atoms with E-state index in [1.54, 1.807) is 0 Å². The van der Waals surface area contributed by atoms with E-state index in [1.165, 1.54) is 5.69 Å². The zero-order valence-corrected chi connectivity index (χ0v) is 21.8. The molecule has 1 amide bonds. The van der Waals surface area contributed by atoms with Crippen LogP contribution in [0.1, 0.15) is 55.6 Å². The summed E-state index contributed by atoms with van der Waals surface area (Å²) in [6.45, 7) is 4.62. The number of rotatable bonds is 10. The number of carbonyl (C=O) groups is 1. The highest BCUT2D eigenvalue weighted by atomic mass is 19.4. The van der Waals surface area contributed by atoms with Crippen LogP contribution in [0, 0.1) is 5.92 Å². The van der Waals surface area contributed by atoms with Gasteiger partial charge in [0.25, 0.3) is 0 Å². The number of nitrogens with zero attached hydrogens (tertiary/aromatic N) is 4. The summed E-state index contributed by atoms with van der Waals surface area (Å²) in [5, 5.41) is 8.85. The summed E-state index contributed by atoms with van der Waals surface area (Å²) in [4.78, 5) is 24.8. The number of piperazine rings is 1. The van der Waals surface area contributed by atoms with Crippen LogP contribution in [0.25, 0.3) is 0 Å². The molecule has 1 aromatic heterocycles. The monoisotopic (exact) mass is 531 g/mol. The largest absolute Gasteiger partial charge is 0.421 e. The third kappa shape index (κ3) is 6.48. The summed E-state index contributed by atoms with van der Waals surface area (Å²) in [6.07, 6.45) is 1.83. The maximum absolute atomic E-state index is 13.6. The SMILES string of the molecule is CN1CCN(c2ccc(Nc3ncc(C(F)(F)F)c(NCCCNC(=O)C4CCC4)n3)c(C3CC3)c2)CC1. The Bertz CT molecular complexity index is 1130. The van der Waals surface area contributed by atoms with Crippen molar-refractivity contribution in [3.63, 3.8) is 0 Å². The third-order valence-electron chi connectivity index (χ3n) is 7.68. The Morgan fingerprint density at radius 2 is 1.84 bits per heavy atom. The van der Waals surface area contributed by atoms with Crippen LogP contribution < -0.4 is 20.9 Å². The molecule has 5 rings (SSSR count). The summed E-state index contributed by atoms with van der Waals surface area (Å²) in [6, 6.07) is 6.24. The van der Waals surface area contributed by atoms with Crippen LogP contribution in [0.2, 0.25) is 0 Å². The fraction of sp³-hybridized carbons (Fsp3) is 0.593. The summed E-state index contributed by atoms with van der Waals surface area (Å²) < 4.78 is 40.9. The van der Waals surface area contributed by atoms with Gasteiger partial charge in [0.1, 0.15) is 11.4 Å². The van der Waals surface area contributed by atoms with Gasteiger partial charge in [-0.15, -0.1) is 0 Å². The van der Waals surface area contributed by atoms with Crippen LogP contribution in [0.15, 0.2) is 24.4 Å². The summed E-state index contributed by atoms with van der Waals surface area (Å²) in [5.41, 5.74) is 2.25. The number of hydrogen-bond acceptors (Lipinski definition) is 7. The van der Waals surface area contributed by atoms with Gasteiger partial charge in [0.05, 0.1) is 0 Å². The minimum atomic E-state index is -4.58. The molecule has 1 aliphatic heterocycles. The lowest BCUT2D eigenvalue weighted by atomic mass is 9.85. The van der Waals surface area contributed by atoms with Gasteiger partial charge in [-0.05, 0) is 68.8 Å². The summed E-state index contributed by atoms with van der Waals surface area (Å²) in [5.74, 6) is 0.416. The number of nitrogens with one attached hydrogen (secondary N) is 3. The molecule has 0 bridgehead atoms. The molecule has 0 spiro atoms. The van der Waals surface area contributed by atoms with Crippen molar-refractivity contribution in [3.8, 4) is 0 Å². The van der Waals surface area contributed by atoms with Crippen molar-refractivity contribution in [3.05, 3.63) is 35.5 Å². The van der Waals surface area contributed by atoms with Gasteiger partial charge < -0.3 is 25.8 Å². The molecule has 1 aromatic carbocycles. The summed E-state index contributed by atoms with van der Waals surface area (Å²) >= 11 is 0. The van der Waals surface area contributed by atoms with E-state index in [0.29, 0.717) is 18.9 Å². The summed E-state index contributed by atoms with van der Waals surface area (Å²) in [7, 11) is 2.13. The number of amides is 1. The lowest BCUT2D eigenvalue weighted by molar-refractivity contribution is -0.137. The van der Waals surface area contributed by atoms with E-state index in [4.69, 9.17) is 0 Å². The van der Waals surface area contributed by atoms with Gasteiger partial charge in [-0.1, -0.05) is 6.42 Å². The second-order valence-corrected chi connectivity index (χ2v) is 10.6. The van der Waals surface area contributed by atoms with Crippen molar-refractivity contribution in [2.24, 2.45) is 5.92 Å². The molecular formula is C27H36F3N7O. The van der Waals surface area contributed by atoms with Gasteiger partial charge in [0, 0.05) is 62.8 Å². The number of hydrogen-bond donors (Lipinski definition) is 3. The second-order valence-electron chi connectivity index (χ2n) is 10.6. The normalized spacial score (nSPS) is 18.7. The van der Waals surface area contributed by atoms with Crippen LogP contribution >= 0.6 is 0 Å². The molecule has 2 saturated carbocycles. The maximum Gasteiger partial charge on any atom is 0.421 e. The molecule has 2 heterocycles. The fourth-order valence-corrected chi connectivity index (χ4v) is 4.88. The number of benzene rings is 1. The Hall–Kier alpha value is -3.08. The third-order valence-corrected chi connectivity index (χ3v) is 7.68. The topological polar surface area (TPSA) is 85.4 Å². The highest BCUT2D eigenvalue weighted by Gasteiger charge is 2.35. The van der Waals surface area contributed by atoms with Crippen molar-refractivity contribution in [1.29, 1.82) is 0 Å². The Labute approximate surface area is 221 Å². The van der Waals surface area contributed by atoms with Crippen molar-refractivity contribution >= 4 is 29.0 Å². The first-order valence-electron chi connectivity index (χ1n) is 13.6. The van der Waals surface area contributed by atoms with E-state index in [2.05, 4.69) is 54.9 Å². The predicted molar refractivity (Wildman–Crippen MR) is 142 cm³/mol. The van der Waals surface area contributed by atoms with Crippen molar-refractivity contribution in [2.45, 2.75) is 50.6 Å². The van der Waals surface area contributed by atoms with Crippen molar-refractivity contribution < 1.29 is 18.0 Å². The van der Waals surface area contributed by atoms with Crippen LogP contribution in [-0.4, -0.2) is 67.1 Å². The second kappa shape index (κ2) is 11.3. The molecule has 3 aliphatic rings. The molecule has 38 heavy (non-hydrogen) atoms. The molecule has 0 unspecified atom stereocenters. The smallest absolute Gasteiger partial charge is 0.369 e. The van der Waals surface area contributed by atoms with E-state index in [-0.39, 0.29) is 30.1 Å². The molecule has 0 radical (unpaired) electrons. The number of aromatic nitrogens is 2. The first-order chi connectivity index (χ1) is 18.3. The quantitative estimate of drug-likeness (QED) is 0.387. The van der Waals surface area contributed by atoms with Crippen molar-refractivity contribution in [1.82, 2.24) is 20.2 Å². The zero-order chi connectivity index (χ0) is 26.7. The van der Waals surface area contributed by atoms with E-state index < -0.39 is 11.7 Å². The van der Waals surface area contributed by atoms with E-state index in [9.17, 15) is 18.0 Å². The first-order valence-corrected chi connectivity index (χ1v) is 13.6. The van der Waals surface area contributed by atoms with Crippen LogP contribution in [0.3, 0.4) is 0 Å². The van der Waals surface area contributed by atoms with Crippen LogP contribution in [0.5, 0.6) is 0 Å². The van der Waals surface area contributed by atoms with E-state index in [1.807, 2.05) is 6.07 Å². The van der Waals surface area contributed by atoms with E-state index in [0.717, 1.165) is 75.7 Å². The minimum Gasteiger partial charge on any atom is -0.369 e. The Kier molecular flexibility index (Phi) is 7.92. The standard InChI is InChI=1S/C27H36F3N7O/c1-36-12-14-37(15-13-36)20-8-9-23(21(16-20)18-6-7-18)34-26-33-17-22(27(28,29)30)24(35-26)31-10-3-11-32-25(38)19-4-2-5-19/h8-9,16-19H,2-7,10-15H2,1H3,(H,32,38)(H2,31,33,34,35). The zero-order valence-electron chi connectivity index (χ0n) is 21.8. The molecule has 1 saturated heterocycles. The number of likely N-dealkylation sites (N-methyl/N-ethyl adjacent to an activating group) is 1. The highest BCUT2D eigenvalue weighted by Crippen LogP contribution is 2.45. The van der Waals surface area contributed by atoms with Crippen LogP contribution in [-0.2, 0) is 11.0 Å². The first kappa shape index (κ1) is 26.5. The number of anilines is 4. The molecule has 2 aromatic rings. The van der Waals surface area contributed by atoms with Crippen molar-refractivity contribution in [2.75, 3.05) is 61.8 Å². The molecule has 11 heteroatoms. The molecular weight excluding hydrogens is 495 g/mol. The van der Waals surface area contributed by atoms with Gasteiger partial charge >= 0.3 is 6.18 Å². The van der Waals surface area contributed by atoms with Gasteiger partial charge in [0.2, 0.25) is 11.9 Å². The fourth-order valence-electron chi connectivity index (χ4n) is 4.88. The predicted octanol–water partition coefficient (Wildman–Crippen LogP) is 4.59. The highest BCUT2D eigenvalue weighted by molar-refractivity contribution is 5.79. The van der Waals surface area contributed by atoms with Gasteiger partial charge in [-0.3, -0.25) is 4.79 Å². The molecule has 2 aliphatic carbocycles.